The summed E-state index contributed by atoms with van der Waals surface area (Å²) in [4.78, 5) is 21.3. The smallest absolute Gasteiger partial charge is 0.320 e. The molecule has 2 aromatic rings. The topological polar surface area (TPSA) is 106 Å². The normalized spacial score (nSPS) is 12.3. The van der Waals surface area contributed by atoms with Crippen LogP contribution in [0.3, 0.4) is 0 Å². The van der Waals surface area contributed by atoms with Gasteiger partial charge in [0.25, 0.3) is 5.69 Å². The molecule has 3 N–H and O–H groups in total. The fraction of sp³-hybridized carbons (Fsp3) is 0.154. The molecular formula is C13H12N2O4. The van der Waals surface area contributed by atoms with Crippen molar-refractivity contribution >= 4 is 22.4 Å². The number of hydrogen-bond donors (Lipinski definition) is 2. The van der Waals surface area contributed by atoms with Gasteiger partial charge >= 0.3 is 5.97 Å². The van der Waals surface area contributed by atoms with E-state index in [9.17, 15) is 14.9 Å². The van der Waals surface area contributed by atoms with Crippen LogP contribution in [0.15, 0.2) is 36.4 Å². The molecule has 1 atom stereocenters. The van der Waals surface area contributed by atoms with Gasteiger partial charge in [0.2, 0.25) is 0 Å². The highest BCUT2D eigenvalue weighted by atomic mass is 16.6. The summed E-state index contributed by atoms with van der Waals surface area (Å²) in [5.74, 6) is -1.09. The molecule has 0 spiro atoms. The number of nitro groups is 1. The van der Waals surface area contributed by atoms with Gasteiger partial charge in [-0.2, -0.15) is 0 Å². The summed E-state index contributed by atoms with van der Waals surface area (Å²) < 4.78 is 0. The molecular weight excluding hydrogens is 248 g/mol. The average molecular weight is 260 g/mol. The van der Waals surface area contributed by atoms with E-state index in [-0.39, 0.29) is 12.1 Å². The summed E-state index contributed by atoms with van der Waals surface area (Å²) in [5, 5.41) is 20.9. The Hall–Kier alpha value is -2.47. The maximum absolute atomic E-state index is 10.9. The lowest BCUT2D eigenvalue weighted by Crippen LogP contribution is -2.32. The van der Waals surface area contributed by atoms with Gasteiger partial charge in [-0.3, -0.25) is 14.9 Å². The second-order valence-corrected chi connectivity index (χ2v) is 4.20. The molecule has 0 amide bonds. The van der Waals surface area contributed by atoms with Gasteiger partial charge in [-0.05, 0) is 23.4 Å². The number of benzene rings is 2. The molecule has 0 radical (unpaired) electrons. The number of rotatable bonds is 4. The zero-order chi connectivity index (χ0) is 14.0. The number of fused-ring (bicyclic) bond motifs is 1. The van der Waals surface area contributed by atoms with Gasteiger partial charge < -0.3 is 10.8 Å². The summed E-state index contributed by atoms with van der Waals surface area (Å²) >= 11 is 0. The van der Waals surface area contributed by atoms with Crippen LogP contribution in [0.2, 0.25) is 0 Å². The molecule has 0 aliphatic rings. The Morgan fingerprint density at radius 1 is 1.26 bits per heavy atom. The first-order valence-electron chi connectivity index (χ1n) is 5.64. The second kappa shape index (κ2) is 5.03. The SMILES string of the molecule is NC(Cc1ccc([N+](=O)[O-])c2ccccc12)C(=O)O. The number of nitrogens with two attached hydrogens (primary N) is 1. The largest absolute Gasteiger partial charge is 0.480 e. The van der Waals surface area contributed by atoms with Crippen LogP contribution in [0.5, 0.6) is 0 Å². The first-order valence-corrected chi connectivity index (χ1v) is 5.64. The minimum atomic E-state index is -1.09. The maximum atomic E-state index is 10.9. The molecule has 0 saturated heterocycles. The van der Waals surface area contributed by atoms with Crippen molar-refractivity contribution in [1.29, 1.82) is 0 Å². The van der Waals surface area contributed by atoms with Crippen LogP contribution < -0.4 is 5.73 Å². The van der Waals surface area contributed by atoms with Gasteiger partial charge in [-0.15, -0.1) is 0 Å². The fourth-order valence-corrected chi connectivity index (χ4v) is 2.01. The third-order valence-electron chi connectivity index (χ3n) is 2.95. The fourth-order valence-electron chi connectivity index (χ4n) is 2.01. The van der Waals surface area contributed by atoms with Crippen molar-refractivity contribution in [2.75, 3.05) is 0 Å². The molecule has 2 rings (SSSR count). The third-order valence-corrected chi connectivity index (χ3v) is 2.95. The monoisotopic (exact) mass is 260 g/mol. The van der Waals surface area contributed by atoms with E-state index in [1.54, 1.807) is 30.3 Å². The van der Waals surface area contributed by atoms with Gasteiger partial charge in [0.05, 0.1) is 10.3 Å². The molecule has 1 unspecified atom stereocenters. The molecule has 19 heavy (non-hydrogen) atoms. The van der Waals surface area contributed by atoms with Crippen molar-refractivity contribution in [2.45, 2.75) is 12.5 Å². The van der Waals surface area contributed by atoms with Crippen molar-refractivity contribution in [3.05, 3.63) is 52.1 Å². The van der Waals surface area contributed by atoms with Gasteiger partial charge in [0.1, 0.15) is 6.04 Å². The van der Waals surface area contributed by atoms with Gasteiger partial charge in [0, 0.05) is 6.07 Å². The Labute approximate surface area is 108 Å². The zero-order valence-corrected chi connectivity index (χ0v) is 9.95. The number of aliphatic carboxylic acids is 1. The zero-order valence-electron chi connectivity index (χ0n) is 9.95. The Morgan fingerprint density at radius 3 is 2.47 bits per heavy atom. The van der Waals surface area contributed by atoms with E-state index in [4.69, 9.17) is 10.8 Å². The van der Waals surface area contributed by atoms with Crippen molar-refractivity contribution < 1.29 is 14.8 Å². The van der Waals surface area contributed by atoms with Gasteiger partial charge in [-0.1, -0.05) is 24.3 Å². The van der Waals surface area contributed by atoms with E-state index >= 15 is 0 Å². The Bertz CT molecular complexity index is 654. The minimum absolute atomic E-state index is 0.00301. The highest BCUT2D eigenvalue weighted by Crippen LogP contribution is 2.28. The quantitative estimate of drug-likeness (QED) is 0.642. The highest BCUT2D eigenvalue weighted by Gasteiger charge is 2.17. The summed E-state index contributed by atoms with van der Waals surface area (Å²) in [6, 6.07) is 8.74. The van der Waals surface area contributed by atoms with Crippen LogP contribution in [-0.2, 0) is 11.2 Å². The molecule has 6 nitrogen and oxygen atoms in total. The summed E-state index contributed by atoms with van der Waals surface area (Å²) in [6.07, 6.45) is 0.133. The summed E-state index contributed by atoms with van der Waals surface area (Å²) in [5.41, 5.74) is 6.20. The Morgan fingerprint density at radius 2 is 1.89 bits per heavy atom. The Balaban J connectivity index is 2.55. The van der Waals surface area contributed by atoms with Crippen LogP contribution >= 0.6 is 0 Å². The molecule has 6 heteroatoms. The lowest BCUT2D eigenvalue weighted by atomic mass is 9.98. The second-order valence-electron chi connectivity index (χ2n) is 4.20. The van der Waals surface area contributed by atoms with E-state index in [1.165, 1.54) is 6.07 Å². The first-order chi connectivity index (χ1) is 9.00. The maximum Gasteiger partial charge on any atom is 0.320 e. The molecule has 0 aliphatic heterocycles. The molecule has 98 valence electrons. The van der Waals surface area contributed by atoms with E-state index in [2.05, 4.69) is 0 Å². The van der Waals surface area contributed by atoms with Crippen LogP contribution in [0.1, 0.15) is 5.56 Å². The van der Waals surface area contributed by atoms with Crippen molar-refractivity contribution in [2.24, 2.45) is 5.73 Å². The van der Waals surface area contributed by atoms with Gasteiger partial charge in [0.15, 0.2) is 0 Å². The van der Waals surface area contributed by atoms with Crippen LogP contribution in [0.25, 0.3) is 10.8 Å². The highest BCUT2D eigenvalue weighted by molar-refractivity contribution is 5.93. The molecule has 2 aromatic carbocycles. The lowest BCUT2D eigenvalue weighted by molar-refractivity contribution is -0.383. The number of nitrogens with zero attached hydrogens (tertiary/aromatic N) is 1. The number of carboxylic acids is 1. The molecule has 0 fully saturated rings. The molecule has 0 bridgehead atoms. The van der Waals surface area contributed by atoms with Crippen molar-refractivity contribution in [1.82, 2.24) is 0 Å². The number of carboxylic acid groups (broad SMARTS) is 1. The van der Waals surface area contributed by atoms with E-state index in [0.717, 1.165) is 0 Å². The summed E-state index contributed by atoms with van der Waals surface area (Å²) in [7, 11) is 0. The van der Waals surface area contributed by atoms with Crippen LogP contribution in [-0.4, -0.2) is 22.0 Å². The number of hydrogen-bond acceptors (Lipinski definition) is 4. The molecule has 0 saturated carbocycles. The molecule has 0 aliphatic carbocycles. The van der Waals surface area contributed by atoms with Gasteiger partial charge in [-0.25, -0.2) is 0 Å². The Kier molecular flexibility index (Phi) is 3.43. The number of nitro benzene ring substituents is 1. The standard InChI is InChI=1S/C13H12N2O4/c14-11(13(16)17)7-8-5-6-12(15(18)19)10-4-2-1-3-9(8)10/h1-6,11H,7,14H2,(H,16,17). The average Bonchev–Trinajstić information content (AvgIpc) is 2.38. The van der Waals surface area contributed by atoms with E-state index < -0.39 is 16.9 Å². The third kappa shape index (κ3) is 2.53. The van der Waals surface area contributed by atoms with E-state index in [1.807, 2.05) is 0 Å². The lowest BCUT2D eigenvalue weighted by Gasteiger charge is -2.10. The van der Waals surface area contributed by atoms with Crippen molar-refractivity contribution in [3.63, 3.8) is 0 Å². The number of non-ortho nitro benzene ring substituents is 1. The molecule has 0 heterocycles. The number of carbonyl (C=O) groups is 1. The minimum Gasteiger partial charge on any atom is -0.480 e. The summed E-state index contributed by atoms with van der Waals surface area (Å²) in [6.45, 7) is 0. The predicted octanol–water partition coefficient (Wildman–Crippen LogP) is 1.70. The first kappa shape index (κ1) is 13.0. The predicted molar refractivity (Wildman–Crippen MR) is 69.9 cm³/mol. The van der Waals surface area contributed by atoms with E-state index in [0.29, 0.717) is 16.3 Å². The molecule has 0 aromatic heterocycles. The van der Waals surface area contributed by atoms with Crippen LogP contribution in [0, 0.1) is 10.1 Å². The van der Waals surface area contributed by atoms with Crippen molar-refractivity contribution in [3.8, 4) is 0 Å². The van der Waals surface area contributed by atoms with Crippen LogP contribution in [0.4, 0.5) is 5.69 Å².